The Morgan fingerprint density at radius 1 is 1.30 bits per heavy atom. The van der Waals surface area contributed by atoms with Gasteiger partial charge < -0.3 is 19.5 Å². The zero-order chi connectivity index (χ0) is 15.0. The van der Waals surface area contributed by atoms with Crippen molar-refractivity contribution in [2.75, 3.05) is 26.1 Å². The fourth-order valence-corrected chi connectivity index (χ4v) is 1.54. The van der Waals surface area contributed by atoms with Crippen molar-refractivity contribution in [2.45, 2.75) is 6.92 Å². The van der Waals surface area contributed by atoms with Gasteiger partial charge in [-0.1, -0.05) is 12.7 Å². The van der Waals surface area contributed by atoms with E-state index in [1.54, 1.807) is 33.3 Å². The average Bonchev–Trinajstić information content (AvgIpc) is 2.44. The van der Waals surface area contributed by atoms with E-state index < -0.39 is 5.97 Å². The lowest BCUT2D eigenvalue weighted by Crippen LogP contribution is -2.04. The van der Waals surface area contributed by atoms with Crippen LogP contribution in [0.15, 0.2) is 42.6 Å². The fourth-order valence-electron chi connectivity index (χ4n) is 1.54. The standard InChI is InChI=1S/C15H19NO4/c1-5-8-20-15(17)9-11(2)16-12-6-7-13(18-3)14(10-12)19-4/h5-7,9-10,16H,1,8H2,2-4H3. The lowest BCUT2D eigenvalue weighted by Gasteiger charge is -2.11. The molecule has 0 fully saturated rings. The first-order valence-electron chi connectivity index (χ1n) is 6.05. The van der Waals surface area contributed by atoms with E-state index >= 15 is 0 Å². The number of allylic oxidation sites excluding steroid dienone is 1. The molecule has 5 nitrogen and oxygen atoms in total. The van der Waals surface area contributed by atoms with Crippen molar-refractivity contribution < 1.29 is 19.0 Å². The molecule has 0 amide bonds. The minimum Gasteiger partial charge on any atom is -0.493 e. The largest absolute Gasteiger partial charge is 0.493 e. The second-order valence-electron chi connectivity index (χ2n) is 3.94. The van der Waals surface area contributed by atoms with Gasteiger partial charge in [-0.3, -0.25) is 0 Å². The summed E-state index contributed by atoms with van der Waals surface area (Å²) in [6.45, 7) is 5.44. The number of carbonyl (C=O) groups excluding carboxylic acids is 1. The van der Waals surface area contributed by atoms with Gasteiger partial charge in [0.1, 0.15) is 6.61 Å². The van der Waals surface area contributed by atoms with Crippen LogP contribution in [-0.4, -0.2) is 26.8 Å². The summed E-state index contributed by atoms with van der Waals surface area (Å²) in [6.07, 6.45) is 2.89. The first kappa shape index (κ1) is 15.6. The molecule has 1 aromatic carbocycles. The summed E-state index contributed by atoms with van der Waals surface area (Å²) in [5, 5.41) is 3.07. The first-order valence-corrected chi connectivity index (χ1v) is 6.05. The smallest absolute Gasteiger partial charge is 0.332 e. The summed E-state index contributed by atoms with van der Waals surface area (Å²) in [5.74, 6) is 0.833. The van der Waals surface area contributed by atoms with Crippen LogP contribution in [0.2, 0.25) is 0 Å². The van der Waals surface area contributed by atoms with Crippen LogP contribution in [-0.2, 0) is 9.53 Å². The summed E-state index contributed by atoms with van der Waals surface area (Å²) < 4.78 is 15.2. The number of hydrogen-bond acceptors (Lipinski definition) is 5. The highest BCUT2D eigenvalue weighted by molar-refractivity contribution is 5.83. The van der Waals surface area contributed by atoms with Crippen molar-refractivity contribution in [1.82, 2.24) is 0 Å². The molecule has 0 aliphatic rings. The zero-order valence-corrected chi connectivity index (χ0v) is 11.9. The zero-order valence-electron chi connectivity index (χ0n) is 11.9. The van der Waals surface area contributed by atoms with Gasteiger partial charge in [0.05, 0.1) is 14.2 Å². The lowest BCUT2D eigenvalue weighted by molar-refractivity contribution is -0.136. The minimum atomic E-state index is -0.421. The average molecular weight is 277 g/mol. The number of rotatable bonds is 7. The molecule has 1 N–H and O–H groups in total. The van der Waals surface area contributed by atoms with Gasteiger partial charge in [-0.15, -0.1) is 0 Å². The monoisotopic (exact) mass is 277 g/mol. The van der Waals surface area contributed by atoms with E-state index in [0.29, 0.717) is 17.2 Å². The van der Waals surface area contributed by atoms with Gasteiger partial charge in [-0.05, 0) is 19.1 Å². The van der Waals surface area contributed by atoms with Crippen molar-refractivity contribution in [2.24, 2.45) is 0 Å². The van der Waals surface area contributed by atoms with E-state index in [2.05, 4.69) is 11.9 Å². The highest BCUT2D eigenvalue weighted by Gasteiger charge is 2.05. The van der Waals surface area contributed by atoms with Crippen LogP contribution >= 0.6 is 0 Å². The maximum atomic E-state index is 11.4. The van der Waals surface area contributed by atoms with Crippen molar-refractivity contribution in [3.8, 4) is 11.5 Å². The Bertz CT molecular complexity index is 509. The Morgan fingerprint density at radius 2 is 2.00 bits per heavy atom. The van der Waals surface area contributed by atoms with Gasteiger partial charge in [0.15, 0.2) is 11.5 Å². The second kappa shape index (κ2) is 7.89. The van der Waals surface area contributed by atoms with E-state index in [0.717, 1.165) is 5.69 Å². The summed E-state index contributed by atoms with van der Waals surface area (Å²) >= 11 is 0. The van der Waals surface area contributed by atoms with Crippen molar-refractivity contribution in [1.29, 1.82) is 0 Å². The molecule has 5 heteroatoms. The molecule has 0 unspecified atom stereocenters. The molecule has 0 bridgehead atoms. The molecule has 20 heavy (non-hydrogen) atoms. The van der Waals surface area contributed by atoms with E-state index in [9.17, 15) is 4.79 Å². The van der Waals surface area contributed by atoms with Gasteiger partial charge in [0.2, 0.25) is 0 Å². The van der Waals surface area contributed by atoms with E-state index in [1.807, 2.05) is 6.07 Å². The van der Waals surface area contributed by atoms with Gasteiger partial charge in [0, 0.05) is 23.5 Å². The SMILES string of the molecule is C=CCOC(=O)C=C(C)Nc1ccc(OC)c(OC)c1. The third-order valence-electron chi connectivity index (χ3n) is 2.40. The highest BCUT2D eigenvalue weighted by atomic mass is 16.5. The lowest BCUT2D eigenvalue weighted by atomic mass is 10.2. The van der Waals surface area contributed by atoms with E-state index in [-0.39, 0.29) is 6.61 Å². The Kier molecular flexibility index (Phi) is 6.16. The summed E-state index contributed by atoms with van der Waals surface area (Å²) in [6, 6.07) is 5.39. The predicted molar refractivity (Wildman–Crippen MR) is 78.1 cm³/mol. The third-order valence-corrected chi connectivity index (χ3v) is 2.40. The molecule has 1 aromatic rings. The number of anilines is 1. The number of ether oxygens (including phenoxy) is 3. The van der Waals surface area contributed by atoms with Crippen molar-refractivity contribution >= 4 is 11.7 Å². The van der Waals surface area contributed by atoms with Crippen LogP contribution < -0.4 is 14.8 Å². The molecule has 0 aromatic heterocycles. The normalized spacial score (nSPS) is 10.7. The Hall–Kier alpha value is -2.43. The predicted octanol–water partition coefficient (Wildman–Crippen LogP) is 2.75. The number of hydrogen-bond donors (Lipinski definition) is 1. The molecular formula is C15H19NO4. The molecule has 0 saturated carbocycles. The van der Waals surface area contributed by atoms with Gasteiger partial charge in [0.25, 0.3) is 0 Å². The van der Waals surface area contributed by atoms with Crippen LogP contribution in [0.1, 0.15) is 6.92 Å². The molecule has 0 saturated heterocycles. The molecule has 1 rings (SSSR count). The van der Waals surface area contributed by atoms with Crippen molar-refractivity contribution in [3.63, 3.8) is 0 Å². The summed E-state index contributed by atoms with van der Waals surface area (Å²) in [7, 11) is 3.14. The molecule has 108 valence electrons. The quantitative estimate of drug-likeness (QED) is 0.472. The topological polar surface area (TPSA) is 56.8 Å². The van der Waals surface area contributed by atoms with Crippen LogP contribution in [0.3, 0.4) is 0 Å². The van der Waals surface area contributed by atoms with Crippen LogP contribution in [0.25, 0.3) is 0 Å². The number of carbonyl (C=O) groups is 1. The van der Waals surface area contributed by atoms with E-state index in [1.165, 1.54) is 12.2 Å². The number of benzene rings is 1. The number of nitrogens with one attached hydrogen (secondary N) is 1. The van der Waals surface area contributed by atoms with Crippen LogP contribution in [0.5, 0.6) is 11.5 Å². The highest BCUT2D eigenvalue weighted by Crippen LogP contribution is 2.30. The van der Waals surface area contributed by atoms with Gasteiger partial charge in [-0.25, -0.2) is 4.79 Å². The number of esters is 1. The Morgan fingerprint density at radius 3 is 2.60 bits per heavy atom. The minimum absolute atomic E-state index is 0.193. The molecule has 0 heterocycles. The number of methoxy groups -OCH3 is 2. The molecule has 0 radical (unpaired) electrons. The molecule has 0 aliphatic heterocycles. The molecule has 0 atom stereocenters. The maximum Gasteiger partial charge on any atom is 0.332 e. The summed E-state index contributed by atoms with van der Waals surface area (Å²) in [4.78, 5) is 11.4. The van der Waals surface area contributed by atoms with Gasteiger partial charge in [-0.2, -0.15) is 0 Å². The third kappa shape index (κ3) is 4.68. The fraction of sp³-hybridized carbons (Fsp3) is 0.267. The summed E-state index contributed by atoms with van der Waals surface area (Å²) in [5.41, 5.74) is 1.44. The Labute approximate surface area is 118 Å². The van der Waals surface area contributed by atoms with Crippen LogP contribution in [0, 0.1) is 0 Å². The van der Waals surface area contributed by atoms with E-state index in [4.69, 9.17) is 14.2 Å². The molecular weight excluding hydrogens is 258 g/mol. The van der Waals surface area contributed by atoms with Gasteiger partial charge >= 0.3 is 5.97 Å². The molecule has 0 spiro atoms. The van der Waals surface area contributed by atoms with Crippen molar-refractivity contribution in [3.05, 3.63) is 42.6 Å². The second-order valence-corrected chi connectivity index (χ2v) is 3.94. The Balaban J connectivity index is 2.75. The maximum absolute atomic E-state index is 11.4. The molecule has 0 aliphatic carbocycles. The van der Waals surface area contributed by atoms with Crippen LogP contribution in [0.4, 0.5) is 5.69 Å². The first-order chi connectivity index (χ1) is 9.60.